The van der Waals surface area contributed by atoms with E-state index in [0.717, 1.165) is 44.7 Å². The summed E-state index contributed by atoms with van der Waals surface area (Å²) >= 11 is 6.15. The van der Waals surface area contributed by atoms with Crippen LogP contribution in [0.25, 0.3) is 22.2 Å². The van der Waals surface area contributed by atoms with Gasteiger partial charge in [0.2, 0.25) is 0 Å². The summed E-state index contributed by atoms with van der Waals surface area (Å²) in [5.74, 6) is -0.0373. The summed E-state index contributed by atoms with van der Waals surface area (Å²) in [7, 11) is 2.02. The Morgan fingerprint density at radius 3 is 2.24 bits per heavy atom. The monoisotopic (exact) mass is 412 g/mol. The fraction of sp³-hybridized carbons (Fsp3) is 0.417. The average molecular weight is 413 g/mol. The van der Waals surface area contributed by atoms with Crippen LogP contribution >= 0.6 is 11.6 Å². The van der Waals surface area contributed by atoms with Gasteiger partial charge in [0.1, 0.15) is 11.8 Å². The fourth-order valence-electron chi connectivity index (χ4n) is 3.83. The Balaban J connectivity index is 2.47. The number of carbonyl (C=O) groups excluding carboxylic acids is 1. The van der Waals surface area contributed by atoms with E-state index in [4.69, 9.17) is 21.3 Å². The number of hydrogen-bond acceptors (Lipinski definition) is 3. The van der Waals surface area contributed by atoms with E-state index in [0.29, 0.717) is 5.02 Å². The normalized spacial score (nSPS) is 13.1. The minimum atomic E-state index is -0.697. The van der Waals surface area contributed by atoms with Gasteiger partial charge in [0.05, 0.1) is 5.60 Å². The van der Waals surface area contributed by atoms with Crippen molar-refractivity contribution in [2.75, 3.05) is 0 Å². The maximum atomic E-state index is 12.7. The predicted molar refractivity (Wildman–Crippen MR) is 120 cm³/mol. The van der Waals surface area contributed by atoms with Crippen LogP contribution in [0.1, 0.15) is 56.3 Å². The van der Waals surface area contributed by atoms with Gasteiger partial charge in [0.25, 0.3) is 0 Å². The van der Waals surface area contributed by atoms with Crippen LogP contribution in [0.5, 0.6) is 0 Å². The molecular weight excluding hydrogens is 384 g/mol. The number of aryl methyl sites for hydroxylation is 3. The Labute approximate surface area is 177 Å². The van der Waals surface area contributed by atoms with E-state index in [9.17, 15) is 4.79 Å². The van der Waals surface area contributed by atoms with Crippen LogP contribution in [0.4, 0.5) is 0 Å². The molecule has 154 valence electrons. The van der Waals surface area contributed by atoms with Gasteiger partial charge in [-0.1, -0.05) is 23.7 Å². The lowest BCUT2D eigenvalue weighted by atomic mass is 9.90. The second-order valence-corrected chi connectivity index (χ2v) is 9.12. The molecular formula is C24H29ClN2O2. The number of hydrogen-bond donors (Lipinski definition) is 0. The van der Waals surface area contributed by atoms with Crippen LogP contribution < -0.4 is 0 Å². The van der Waals surface area contributed by atoms with E-state index < -0.39 is 11.7 Å². The number of fused-ring (bicyclic) bond motifs is 1. The van der Waals surface area contributed by atoms with Crippen LogP contribution in [-0.4, -0.2) is 20.9 Å². The Bertz CT molecular complexity index is 1090. The van der Waals surface area contributed by atoms with Crippen LogP contribution in [0.15, 0.2) is 24.3 Å². The van der Waals surface area contributed by atoms with Crippen molar-refractivity contribution in [2.24, 2.45) is 7.05 Å². The molecule has 3 rings (SSSR count). The summed E-state index contributed by atoms with van der Waals surface area (Å²) in [4.78, 5) is 17.6. The van der Waals surface area contributed by atoms with Crippen molar-refractivity contribution < 1.29 is 9.53 Å². The second-order valence-electron chi connectivity index (χ2n) is 8.68. The van der Waals surface area contributed by atoms with Crippen molar-refractivity contribution >= 4 is 28.4 Å². The number of ketones is 1. The quantitative estimate of drug-likeness (QED) is 0.507. The molecule has 0 aliphatic carbocycles. The Kier molecular flexibility index (Phi) is 5.63. The van der Waals surface area contributed by atoms with Crippen LogP contribution in [0, 0.1) is 20.8 Å². The van der Waals surface area contributed by atoms with E-state index in [1.54, 1.807) is 6.92 Å². The molecule has 2 aromatic heterocycles. The molecule has 4 nitrogen and oxygen atoms in total. The number of benzene rings is 1. The summed E-state index contributed by atoms with van der Waals surface area (Å²) < 4.78 is 8.36. The van der Waals surface area contributed by atoms with Crippen LogP contribution in [0.2, 0.25) is 5.02 Å². The highest BCUT2D eigenvalue weighted by Crippen LogP contribution is 2.42. The number of rotatable bonds is 4. The Hall–Kier alpha value is -2.17. The molecule has 0 aliphatic rings. The molecule has 0 saturated carbocycles. The molecule has 0 saturated heterocycles. The van der Waals surface area contributed by atoms with Gasteiger partial charge in [0.15, 0.2) is 5.78 Å². The molecule has 0 unspecified atom stereocenters. The van der Waals surface area contributed by atoms with Gasteiger partial charge in [0, 0.05) is 40.0 Å². The number of ether oxygens (including phenoxy) is 1. The summed E-state index contributed by atoms with van der Waals surface area (Å²) in [6.45, 7) is 13.6. The predicted octanol–water partition coefficient (Wildman–Crippen LogP) is 6.26. The molecule has 5 heteroatoms. The zero-order valence-corrected chi connectivity index (χ0v) is 19.2. The highest BCUT2D eigenvalue weighted by atomic mass is 35.5. The third-order valence-electron chi connectivity index (χ3n) is 5.38. The molecule has 29 heavy (non-hydrogen) atoms. The first kappa shape index (κ1) is 21.5. The SMILES string of the molecule is CC(=O)[C@H](OC(C)(C)C)c1c(C)nc2c(c(C)c(C)n2C)c1-c1ccc(Cl)cc1. The number of halogens is 1. The number of Topliss-reactive ketones (excluding diaryl/α,β-unsaturated/α-hetero) is 1. The van der Waals surface area contributed by atoms with Crippen molar-refractivity contribution in [3.05, 3.63) is 51.8 Å². The molecule has 0 radical (unpaired) electrons. The average Bonchev–Trinajstić information content (AvgIpc) is 2.83. The first-order valence-corrected chi connectivity index (χ1v) is 10.2. The number of carbonyl (C=O) groups is 1. The third kappa shape index (κ3) is 3.96. The highest BCUT2D eigenvalue weighted by molar-refractivity contribution is 6.30. The maximum absolute atomic E-state index is 12.7. The van der Waals surface area contributed by atoms with Crippen molar-refractivity contribution in [3.63, 3.8) is 0 Å². The zero-order valence-electron chi connectivity index (χ0n) is 18.5. The van der Waals surface area contributed by atoms with Gasteiger partial charge in [-0.3, -0.25) is 4.79 Å². The summed E-state index contributed by atoms with van der Waals surface area (Å²) in [6, 6.07) is 7.74. The standard InChI is InChI=1S/C24H29ClN2O2/c1-13-15(3)27(8)23-19(13)21(17-9-11-18(25)12-10-17)20(14(2)26-23)22(16(4)28)29-24(5,6)7/h9-12,22H,1-8H3/t22-/m0/s1. The first-order chi connectivity index (χ1) is 13.4. The van der Waals surface area contributed by atoms with Gasteiger partial charge in [-0.15, -0.1) is 0 Å². The van der Waals surface area contributed by atoms with Crippen molar-refractivity contribution in [1.82, 2.24) is 9.55 Å². The molecule has 1 aromatic carbocycles. The molecule has 0 bridgehead atoms. The molecule has 0 N–H and O–H groups in total. The smallest absolute Gasteiger partial charge is 0.163 e. The van der Waals surface area contributed by atoms with Crippen molar-refractivity contribution in [1.29, 1.82) is 0 Å². The largest absolute Gasteiger partial charge is 0.360 e. The molecule has 3 aromatic rings. The highest BCUT2D eigenvalue weighted by Gasteiger charge is 2.31. The van der Waals surface area contributed by atoms with Crippen molar-refractivity contribution in [3.8, 4) is 11.1 Å². The van der Waals surface area contributed by atoms with Gasteiger partial charge < -0.3 is 9.30 Å². The minimum absolute atomic E-state index is 0.0373. The number of aromatic nitrogens is 2. The molecule has 1 atom stereocenters. The fourth-order valence-corrected chi connectivity index (χ4v) is 3.95. The maximum Gasteiger partial charge on any atom is 0.163 e. The van der Waals surface area contributed by atoms with E-state index in [1.807, 2.05) is 59.0 Å². The molecule has 0 spiro atoms. The number of nitrogens with zero attached hydrogens (tertiary/aromatic N) is 2. The van der Waals surface area contributed by atoms with Gasteiger partial charge in [-0.2, -0.15) is 0 Å². The van der Waals surface area contributed by atoms with Gasteiger partial charge >= 0.3 is 0 Å². The molecule has 0 amide bonds. The lowest BCUT2D eigenvalue weighted by Crippen LogP contribution is -2.27. The van der Waals surface area contributed by atoms with Crippen molar-refractivity contribution in [2.45, 2.75) is 60.2 Å². The zero-order chi connectivity index (χ0) is 21.7. The van der Waals surface area contributed by atoms with Crippen LogP contribution in [0.3, 0.4) is 0 Å². The second kappa shape index (κ2) is 7.58. The third-order valence-corrected chi connectivity index (χ3v) is 5.63. The van der Waals surface area contributed by atoms with E-state index >= 15 is 0 Å². The molecule has 2 heterocycles. The summed E-state index contributed by atoms with van der Waals surface area (Å²) in [5, 5.41) is 1.73. The van der Waals surface area contributed by atoms with E-state index in [1.165, 1.54) is 0 Å². The Morgan fingerprint density at radius 1 is 1.14 bits per heavy atom. The first-order valence-electron chi connectivity index (χ1n) is 9.82. The minimum Gasteiger partial charge on any atom is -0.360 e. The van der Waals surface area contributed by atoms with Gasteiger partial charge in [-0.05, 0) is 71.7 Å². The van der Waals surface area contributed by atoms with Crippen LogP contribution in [-0.2, 0) is 16.6 Å². The lowest BCUT2D eigenvalue weighted by Gasteiger charge is -2.29. The Morgan fingerprint density at radius 2 is 1.72 bits per heavy atom. The van der Waals surface area contributed by atoms with Gasteiger partial charge in [-0.25, -0.2) is 4.98 Å². The van der Waals surface area contributed by atoms with E-state index in [2.05, 4.69) is 18.4 Å². The van der Waals surface area contributed by atoms with E-state index in [-0.39, 0.29) is 5.78 Å². The topological polar surface area (TPSA) is 44.1 Å². The summed E-state index contributed by atoms with van der Waals surface area (Å²) in [5.41, 5.74) is 6.35. The number of pyridine rings is 1. The summed E-state index contributed by atoms with van der Waals surface area (Å²) in [6.07, 6.45) is -0.697. The lowest BCUT2D eigenvalue weighted by molar-refractivity contribution is -0.138. The molecule has 0 fully saturated rings. The molecule has 0 aliphatic heterocycles.